The third-order valence-electron chi connectivity index (χ3n) is 5.19. The van der Waals surface area contributed by atoms with Crippen LogP contribution in [0.1, 0.15) is 31.0 Å². The van der Waals surface area contributed by atoms with E-state index in [1.807, 2.05) is 12.1 Å². The van der Waals surface area contributed by atoms with Crippen LogP contribution >= 0.6 is 0 Å². The van der Waals surface area contributed by atoms with Crippen LogP contribution in [0.3, 0.4) is 0 Å². The summed E-state index contributed by atoms with van der Waals surface area (Å²) >= 11 is 0. The lowest BCUT2D eigenvalue weighted by atomic mass is 10.0. The highest BCUT2D eigenvalue weighted by atomic mass is 19.3. The van der Waals surface area contributed by atoms with Gasteiger partial charge in [-0.1, -0.05) is 12.5 Å². The molecule has 2 aromatic heterocycles. The number of likely N-dealkylation sites (tertiary alicyclic amines) is 1. The zero-order valence-corrected chi connectivity index (χ0v) is 15.4. The Hall–Kier alpha value is -2.62. The number of alkyl halides is 3. The third kappa shape index (κ3) is 3.11. The fourth-order valence-electron chi connectivity index (χ4n) is 3.71. The van der Waals surface area contributed by atoms with Gasteiger partial charge in [0.25, 0.3) is 0 Å². The van der Waals surface area contributed by atoms with E-state index >= 15 is 0 Å². The Morgan fingerprint density at radius 2 is 2.11 bits per heavy atom. The van der Waals surface area contributed by atoms with E-state index in [2.05, 4.69) is 15.1 Å². The highest BCUT2D eigenvalue weighted by molar-refractivity contribution is 5.95. The Kier molecular flexibility index (Phi) is 4.74. The first kappa shape index (κ1) is 18.7. The van der Waals surface area contributed by atoms with E-state index in [0.29, 0.717) is 41.0 Å². The molecule has 1 atom stereocenters. The number of anilines is 1. The van der Waals surface area contributed by atoms with E-state index in [4.69, 9.17) is 10.5 Å². The van der Waals surface area contributed by atoms with Crippen molar-refractivity contribution in [1.82, 2.24) is 24.5 Å². The maximum Gasteiger partial charge on any atom is 0.333 e. The molecule has 150 valence electrons. The van der Waals surface area contributed by atoms with E-state index in [-0.39, 0.29) is 25.0 Å². The molecule has 0 saturated carbocycles. The molecule has 0 spiro atoms. The molecular formula is C18H21F3N6O. The lowest BCUT2D eigenvalue weighted by Gasteiger charge is -2.29. The normalized spacial score (nSPS) is 19.2. The maximum atomic E-state index is 13.9. The van der Waals surface area contributed by atoms with Crippen LogP contribution in [0.4, 0.5) is 19.1 Å². The lowest BCUT2D eigenvalue weighted by molar-refractivity contribution is -0.158. The van der Waals surface area contributed by atoms with Crippen molar-refractivity contribution >= 4 is 22.5 Å². The number of hydrogen-bond donors (Lipinski definition) is 1. The molecule has 0 amide bonds. The predicted octanol–water partition coefficient (Wildman–Crippen LogP) is 3.00. The van der Waals surface area contributed by atoms with Gasteiger partial charge in [0.05, 0.1) is 7.11 Å². The number of para-hydroxylation sites is 1. The first-order chi connectivity index (χ1) is 13.4. The molecule has 4 rings (SSSR count). The van der Waals surface area contributed by atoms with E-state index < -0.39 is 12.7 Å². The monoisotopic (exact) mass is 394 g/mol. The molecule has 0 bridgehead atoms. The molecule has 7 nitrogen and oxygen atoms in total. The van der Waals surface area contributed by atoms with Crippen LogP contribution in [-0.4, -0.2) is 57.4 Å². The van der Waals surface area contributed by atoms with Gasteiger partial charge in [-0.05, 0) is 25.0 Å². The summed E-state index contributed by atoms with van der Waals surface area (Å²) in [6.07, 6.45) is 1.95. The third-order valence-corrected chi connectivity index (χ3v) is 5.19. The lowest BCUT2D eigenvalue weighted by Crippen LogP contribution is -2.45. The average Bonchev–Trinajstić information content (AvgIpc) is 2.99. The van der Waals surface area contributed by atoms with Crippen molar-refractivity contribution in [2.75, 3.05) is 32.6 Å². The quantitative estimate of drug-likeness (QED) is 0.685. The van der Waals surface area contributed by atoms with E-state index in [1.165, 1.54) is 11.6 Å². The Morgan fingerprint density at radius 1 is 1.29 bits per heavy atom. The van der Waals surface area contributed by atoms with Gasteiger partial charge in [0, 0.05) is 24.4 Å². The summed E-state index contributed by atoms with van der Waals surface area (Å²) in [5.74, 6) is 0.745. The molecule has 2 N–H and O–H groups in total. The smallest absolute Gasteiger partial charge is 0.333 e. The largest absolute Gasteiger partial charge is 0.494 e. The fourth-order valence-corrected chi connectivity index (χ4v) is 3.71. The van der Waals surface area contributed by atoms with E-state index in [9.17, 15) is 13.2 Å². The molecule has 3 heterocycles. The first-order valence-corrected chi connectivity index (χ1v) is 9.12. The number of benzene rings is 1. The topological polar surface area (TPSA) is 81.6 Å². The molecule has 0 radical (unpaired) electrons. The van der Waals surface area contributed by atoms with Crippen molar-refractivity contribution in [3.05, 3.63) is 24.0 Å². The summed E-state index contributed by atoms with van der Waals surface area (Å²) in [6, 6.07) is 1.92. The number of fused-ring (bicyclic) bond motifs is 3. The van der Waals surface area contributed by atoms with Gasteiger partial charge < -0.3 is 10.5 Å². The van der Waals surface area contributed by atoms with Gasteiger partial charge in [0.2, 0.25) is 5.95 Å². The van der Waals surface area contributed by atoms with Crippen molar-refractivity contribution in [1.29, 1.82) is 0 Å². The summed E-state index contributed by atoms with van der Waals surface area (Å²) in [5, 5.41) is 5.14. The molecule has 1 aliphatic heterocycles. The van der Waals surface area contributed by atoms with Crippen LogP contribution in [-0.2, 0) is 0 Å². The molecule has 0 aliphatic carbocycles. The average molecular weight is 394 g/mol. The number of hydrogen-bond acceptors (Lipinski definition) is 6. The zero-order chi connectivity index (χ0) is 19.9. The highest BCUT2D eigenvalue weighted by Gasteiger charge is 2.40. The summed E-state index contributed by atoms with van der Waals surface area (Å²) in [4.78, 5) is 9.84. The fraction of sp³-hybridized carbons (Fsp3) is 0.500. The van der Waals surface area contributed by atoms with Crippen molar-refractivity contribution in [3.8, 4) is 5.75 Å². The number of halogens is 3. The molecule has 28 heavy (non-hydrogen) atoms. The molecule has 3 aromatic rings. The number of nitrogens with zero attached hydrogens (tertiary/aromatic N) is 5. The van der Waals surface area contributed by atoms with Crippen LogP contribution in [0.25, 0.3) is 16.6 Å². The SMILES string of the molecule is COc1cccc2c1nc(N)n1nc(C3CCCCN(C(F)(F)CF)C3)nc21. The second-order valence-electron chi connectivity index (χ2n) is 6.97. The number of nitrogens with two attached hydrogens (primary N) is 1. The number of rotatable bonds is 4. The number of methoxy groups -OCH3 is 1. The van der Waals surface area contributed by atoms with Gasteiger partial charge in [0.1, 0.15) is 11.3 Å². The maximum absolute atomic E-state index is 13.9. The van der Waals surface area contributed by atoms with Crippen LogP contribution in [0.5, 0.6) is 5.75 Å². The standard InChI is InChI=1S/C18H21F3N6O/c1-28-13-7-4-6-12-14(13)23-17(22)27-16(12)24-15(25-27)11-5-2-3-8-26(9-11)18(20,21)10-19/h4,6-7,11H,2-3,5,8-10H2,1H3,(H2,22,23). The van der Waals surface area contributed by atoms with Crippen LogP contribution in [0.15, 0.2) is 18.2 Å². The second kappa shape index (κ2) is 7.08. The van der Waals surface area contributed by atoms with Crippen molar-refractivity contribution in [2.24, 2.45) is 0 Å². The minimum absolute atomic E-state index is 0.0115. The van der Waals surface area contributed by atoms with E-state index in [0.717, 1.165) is 11.3 Å². The van der Waals surface area contributed by atoms with Gasteiger partial charge in [-0.15, -0.1) is 5.10 Å². The zero-order valence-electron chi connectivity index (χ0n) is 15.4. The Morgan fingerprint density at radius 3 is 2.86 bits per heavy atom. The van der Waals surface area contributed by atoms with Crippen LogP contribution < -0.4 is 10.5 Å². The number of nitrogen functional groups attached to an aromatic ring is 1. The minimum Gasteiger partial charge on any atom is -0.494 e. The second-order valence-corrected chi connectivity index (χ2v) is 6.97. The number of ether oxygens (including phenoxy) is 1. The summed E-state index contributed by atoms with van der Waals surface area (Å²) in [5.41, 5.74) is 7.10. The van der Waals surface area contributed by atoms with Gasteiger partial charge in [-0.3, -0.25) is 0 Å². The minimum atomic E-state index is -3.48. The summed E-state index contributed by atoms with van der Waals surface area (Å²) < 4.78 is 47.4. The van der Waals surface area contributed by atoms with Crippen LogP contribution in [0, 0.1) is 0 Å². The first-order valence-electron chi connectivity index (χ1n) is 9.12. The molecule has 1 saturated heterocycles. The van der Waals surface area contributed by atoms with E-state index in [1.54, 1.807) is 6.07 Å². The number of aromatic nitrogens is 4. The van der Waals surface area contributed by atoms with Gasteiger partial charge in [-0.25, -0.2) is 19.3 Å². The van der Waals surface area contributed by atoms with Crippen molar-refractivity contribution in [3.63, 3.8) is 0 Å². The van der Waals surface area contributed by atoms with Gasteiger partial charge in [-0.2, -0.15) is 13.3 Å². The van der Waals surface area contributed by atoms with Gasteiger partial charge >= 0.3 is 6.05 Å². The Balaban J connectivity index is 1.79. The molecular weight excluding hydrogens is 373 g/mol. The molecule has 1 unspecified atom stereocenters. The Labute approximate surface area is 159 Å². The Bertz CT molecular complexity index is 1010. The molecule has 1 aliphatic rings. The highest BCUT2D eigenvalue weighted by Crippen LogP contribution is 2.32. The van der Waals surface area contributed by atoms with Crippen LogP contribution in [0.2, 0.25) is 0 Å². The predicted molar refractivity (Wildman–Crippen MR) is 98.3 cm³/mol. The molecule has 1 fully saturated rings. The summed E-state index contributed by atoms with van der Waals surface area (Å²) in [7, 11) is 1.54. The molecule has 1 aromatic carbocycles. The van der Waals surface area contributed by atoms with Crippen molar-refractivity contribution in [2.45, 2.75) is 31.2 Å². The van der Waals surface area contributed by atoms with Crippen molar-refractivity contribution < 1.29 is 17.9 Å². The van der Waals surface area contributed by atoms with Gasteiger partial charge in [0.15, 0.2) is 18.1 Å². The summed E-state index contributed by atoms with van der Waals surface area (Å²) in [6.45, 7) is -1.58. The molecule has 10 heteroatoms.